The normalized spacial score (nSPS) is 49.2. The van der Waals surface area contributed by atoms with E-state index in [0.717, 1.165) is 0 Å². The van der Waals surface area contributed by atoms with Crippen LogP contribution in [0.1, 0.15) is 6.92 Å². The molecule has 12 heavy (non-hydrogen) atoms. The standard InChI is InChI=1S/C7H14O5/c1-3-4(8)5(9)6(10)7(11-2)12-3/h3-10H,1-2H3/t3-,4+,5-,6+,7-/m0/s1. The summed E-state index contributed by atoms with van der Waals surface area (Å²) >= 11 is 0. The van der Waals surface area contributed by atoms with Crippen LogP contribution in [0.25, 0.3) is 0 Å². The topological polar surface area (TPSA) is 79.2 Å². The average Bonchev–Trinajstić information content (AvgIpc) is 2.08. The molecule has 0 saturated carbocycles. The minimum atomic E-state index is -1.21. The molecule has 1 aliphatic heterocycles. The zero-order valence-corrected chi connectivity index (χ0v) is 7.04. The molecule has 1 fully saturated rings. The second-order valence-corrected chi connectivity index (χ2v) is 2.92. The lowest BCUT2D eigenvalue weighted by atomic mass is 10.0. The number of rotatable bonds is 1. The van der Waals surface area contributed by atoms with Gasteiger partial charge in [0.1, 0.15) is 18.3 Å². The predicted molar refractivity (Wildman–Crippen MR) is 39.4 cm³/mol. The van der Waals surface area contributed by atoms with Crippen LogP contribution in [-0.2, 0) is 9.47 Å². The largest absolute Gasteiger partial charge is 0.388 e. The molecule has 0 unspecified atom stereocenters. The first-order valence-corrected chi connectivity index (χ1v) is 3.80. The Morgan fingerprint density at radius 3 is 2.17 bits per heavy atom. The first-order valence-electron chi connectivity index (χ1n) is 3.80. The molecule has 5 atom stereocenters. The number of hydrogen-bond acceptors (Lipinski definition) is 5. The van der Waals surface area contributed by atoms with Crippen LogP contribution in [0, 0.1) is 0 Å². The van der Waals surface area contributed by atoms with Crippen molar-refractivity contribution in [2.45, 2.75) is 37.6 Å². The number of ether oxygens (including phenoxy) is 2. The van der Waals surface area contributed by atoms with Gasteiger partial charge in [0.25, 0.3) is 0 Å². The van der Waals surface area contributed by atoms with Crippen molar-refractivity contribution in [2.24, 2.45) is 0 Å². The Labute approximate surface area is 70.5 Å². The molecule has 5 heteroatoms. The van der Waals surface area contributed by atoms with Crippen LogP contribution in [0.15, 0.2) is 0 Å². The van der Waals surface area contributed by atoms with Gasteiger partial charge in [0, 0.05) is 7.11 Å². The van der Waals surface area contributed by atoms with E-state index in [1.165, 1.54) is 7.11 Å². The highest BCUT2D eigenvalue weighted by Gasteiger charge is 2.41. The van der Waals surface area contributed by atoms with E-state index in [2.05, 4.69) is 0 Å². The van der Waals surface area contributed by atoms with Crippen molar-refractivity contribution in [3.63, 3.8) is 0 Å². The van der Waals surface area contributed by atoms with Crippen LogP contribution in [0.5, 0.6) is 0 Å². The second kappa shape index (κ2) is 3.68. The van der Waals surface area contributed by atoms with Crippen LogP contribution < -0.4 is 0 Å². The first-order chi connectivity index (χ1) is 5.57. The minimum Gasteiger partial charge on any atom is -0.388 e. The van der Waals surface area contributed by atoms with Crippen LogP contribution in [0.4, 0.5) is 0 Å². The van der Waals surface area contributed by atoms with Gasteiger partial charge < -0.3 is 24.8 Å². The molecule has 0 aromatic heterocycles. The van der Waals surface area contributed by atoms with Crippen molar-refractivity contribution in [3.8, 4) is 0 Å². The third kappa shape index (κ3) is 1.60. The maximum atomic E-state index is 9.27. The van der Waals surface area contributed by atoms with Crippen LogP contribution in [0.3, 0.4) is 0 Å². The SMILES string of the molecule is CO[C@H]1O[C@@H](C)[C@@H](O)[C@H](O)[C@H]1O. The molecule has 0 spiro atoms. The summed E-state index contributed by atoms with van der Waals surface area (Å²) in [6, 6.07) is 0. The Hall–Kier alpha value is -0.200. The summed E-state index contributed by atoms with van der Waals surface area (Å²) < 4.78 is 9.80. The predicted octanol–water partition coefficient (Wildman–Crippen LogP) is -1.54. The summed E-state index contributed by atoms with van der Waals surface area (Å²) in [6.07, 6.45) is -4.86. The van der Waals surface area contributed by atoms with Crippen LogP contribution in [0.2, 0.25) is 0 Å². The van der Waals surface area contributed by atoms with E-state index >= 15 is 0 Å². The van der Waals surface area contributed by atoms with Crippen LogP contribution >= 0.6 is 0 Å². The first kappa shape index (κ1) is 9.88. The lowest BCUT2D eigenvalue weighted by Gasteiger charge is -2.38. The molecule has 0 bridgehead atoms. The van der Waals surface area contributed by atoms with E-state index in [1.807, 2.05) is 0 Å². The van der Waals surface area contributed by atoms with E-state index in [4.69, 9.17) is 9.47 Å². The van der Waals surface area contributed by atoms with E-state index < -0.39 is 30.7 Å². The monoisotopic (exact) mass is 178 g/mol. The second-order valence-electron chi connectivity index (χ2n) is 2.92. The fourth-order valence-corrected chi connectivity index (χ4v) is 1.21. The van der Waals surface area contributed by atoms with Crippen molar-refractivity contribution in [3.05, 3.63) is 0 Å². The summed E-state index contributed by atoms with van der Waals surface area (Å²) in [5.74, 6) is 0. The number of aliphatic hydroxyl groups excluding tert-OH is 3. The summed E-state index contributed by atoms with van der Waals surface area (Å²) in [4.78, 5) is 0. The molecular weight excluding hydrogens is 164 g/mol. The molecule has 0 aromatic carbocycles. The average molecular weight is 178 g/mol. The van der Waals surface area contributed by atoms with E-state index in [-0.39, 0.29) is 0 Å². The summed E-state index contributed by atoms with van der Waals surface area (Å²) in [5.41, 5.74) is 0. The maximum Gasteiger partial charge on any atom is 0.186 e. The molecule has 3 N–H and O–H groups in total. The van der Waals surface area contributed by atoms with Gasteiger partial charge in [-0.15, -0.1) is 0 Å². The van der Waals surface area contributed by atoms with Gasteiger partial charge in [-0.1, -0.05) is 0 Å². The smallest absolute Gasteiger partial charge is 0.186 e. The number of hydrogen-bond donors (Lipinski definition) is 3. The third-order valence-electron chi connectivity index (χ3n) is 2.04. The van der Waals surface area contributed by atoms with Gasteiger partial charge in [-0.25, -0.2) is 0 Å². The van der Waals surface area contributed by atoms with Crippen molar-refractivity contribution in [1.82, 2.24) is 0 Å². The van der Waals surface area contributed by atoms with Crippen LogP contribution in [-0.4, -0.2) is 53.1 Å². The zero-order chi connectivity index (χ0) is 9.30. The van der Waals surface area contributed by atoms with E-state index in [9.17, 15) is 15.3 Å². The molecule has 1 rings (SSSR count). The third-order valence-corrected chi connectivity index (χ3v) is 2.04. The Bertz CT molecular complexity index is 146. The van der Waals surface area contributed by atoms with Gasteiger partial charge in [-0.2, -0.15) is 0 Å². The summed E-state index contributed by atoms with van der Waals surface area (Å²) in [7, 11) is 1.37. The van der Waals surface area contributed by atoms with Gasteiger partial charge in [-0.05, 0) is 6.92 Å². The van der Waals surface area contributed by atoms with Gasteiger partial charge in [0.15, 0.2) is 6.29 Å². The van der Waals surface area contributed by atoms with Gasteiger partial charge in [-0.3, -0.25) is 0 Å². The van der Waals surface area contributed by atoms with E-state index in [1.54, 1.807) is 6.92 Å². The van der Waals surface area contributed by atoms with Crippen molar-refractivity contribution in [2.75, 3.05) is 7.11 Å². The molecule has 0 amide bonds. The number of methoxy groups -OCH3 is 1. The van der Waals surface area contributed by atoms with Gasteiger partial charge >= 0.3 is 0 Å². The molecule has 72 valence electrons. The number of aliphatic hydroxyl groups is 3. The maximum absolute atomic E-state index is 9.27. The lowest BCUT2D eigenvalue weighted by Crippen LogP contribution is -2.57. The lowest BCUT2D eigenvalue weighted by molar-refractivity contribution is -0.286. The molecule has 1 heterocycles. The zero-order valence-electron chi connectivity index (χ0n) is 7.04. The van der Waals surface area contributed by atoms with Crippen molar-refractivity contribution >= 4 is 0 Å². The molecule has 0 aliphatic carbocycles. The molecule has 0 aromatic rings. The highest BCUT2D eigenvalue weighted by Crippen LogP contribution is 2.20. The quantitative estimate of drug-likeness (QED) is 0.453. The van der Waals surface area contributed by atoms with E-state index in [0.29, 0.717) is 0 Å². The molecule has 1 aliphatic rings. The van der Waals surface area contributed by atoms with Gasteiger partial charge in [0.2, 0.25) is 0 Å². The van der Waals surface area contributed by atoms with Crippen molar-refractivity contribution < 1.29 is 24.8 Å². The Balaban J connectivity index is 2.63. The fraction of sp³-hybridized carbons (Fsp3) is 1.00. The molecule has 0 radical (unpaired) electrons. The minimum absolute atomic E-state index is 0.534. The fourth-order valence-electron chi connectivity index (χ4n) is 1.21. The van der Waals surface area contributed by atoms with Crippen molar-refractivity contribution in [1.29, 1.82) is 0 Å². The molecule has 5 nitrogen and oxygen atoms in total. The summed E-state index contributed by atoms with van der Waals surface area (Å²) in [6.45, 7) is 1.60. The Morgan fingerprint density at radius 2 is 1.67 bits per heavy atom. The highest BCUT2D eigenvalue weighted by molar-refractivity contribution is 4.86. The Kier molecular flexibility index (Phi) is 3.03. The summed E-state index contributed by atoms with van der Waals surface area (Å²) in [5, 5.41) is 27.8. The molecular formula is C7H14O5. The molecule has 1 saturated heterocycles. The Morgan fingerprint density at radius 1 is 1.08 bits per heavy atom. The van der Waals surface area contributed by atoms with Gasteiger partial charge in [0.05, 0.1) is 6.10 Å². The highest BCUT2D eigenvalue weighted by atomic mass is 16.7.